The quantitative estimate of drug-likeness (QED) is 0.167. The molecule has 1 radical (unpaired) electrons. The lowest BCUT2D eigenvalue weighted by Crippen LogP contribution is -2.41. The zero-order valence-corrected chi connectivity index (χ0v) is 26.0. The lowest BCUT2D eigenvalue weighted by atomic mass is 9.82. The number of hydrogen-bond acceptors (Lipinski definition) is 3. The number of anilines is 3. The van der Waals surface area contributed by atoms with Crippen molar-refractivity contribution in [3.63, 3.8) is 0 Å². The minimum absolute atomic E-state index is 0.0387. The average molecular weight is 565 g/mol. The largest absolute Gasteiger partial charge is 0.427 e. The van der Waals surface area contributed by atoms with Crippen LogP contribution in [0.15, 0.2) is 121 Å². The van der Waals surface area contributed by atoms with E-state index in [1.54, 1.807) is 7.11 Å². The van der Waals surface area contributed by atoms with E-state index in [0.29, 0.717) is 0 Å². The third kappa shape index (κ3) is 5.42. The Balaban J connectivity index is 1.44. The molecule has 3 nitrogen and oxygen atoms in total. The van der Waals surface area contributed by atoms with Gasteiger partial charge < -0.3 is 14.3 Å². The molecule has 0 spiro atoms. The number of nitrogens with zero attached hydrogens (tertiary/aromatic N) is 1. The molecular formula is C39H39BNO2. The highest BCUT2D eigenvalue weighted by Gasteiger charge is 2.36. The van der Waals surface area contributed by atoms with Crippen LogP contribution in [0.2, 0.25) is 0 Å². The number of benzene rings is 5. The van der Waals surface area contributed by atoms with E-state index in [2.05, 4.69) is 140 Å². The molecule has 5 aromatic rings. The first-order chi connectivity index (χ1) is 20.7. The lowest BCUT2D eigenvalue weighted by Gasteiger charge is -2.31. The summed E-state index contributed by atoms with van der Waals surface area (Å²) in [5.41, 5.74) is 11.6. The Hall–Kier alpha value is -4.12. The minimum Gasteiger partial charge on any atom is -0.427 e. The van der Waals surface area contributed by atoms with Gasteiger partial charge in [0, 0.05) is 29.5 Å². The number of ether oxygens (including phenoxy) is 1. The van der Waals surface area contributed by atoms with E-state index in [-0.39, 0.29) is 11.5 Å². The van der Waals surface area contributed by atoms with E-state index in [9.17, 15) is 0 Å². The first-order valence-electron chi connectivity index (χ1n) is 15.0. The maximum atomic E-state index is 6.16. The fourth-order valence-electron chi connectivity index (χ4n) is 6.09. The standard InChI is InChI=1S/C39H39BNO2/c1-27(42-6)39(4,5)43-40-29-20-22-30(23-21-29)41(37-19-13-11-16-32(37)28-14-8-7-9-15-28)31-24-25-34-33-17-10-12-18-35(33)38(2,3)36(34)26-31/h7-27H,1-6H3. The molecule has 0 aromatic heterocycles. The SMILES string of the molecule is COC(C)C(C)(C)O[B]c1ccc(N(c2ccc3c(c2)C(C)(C)c2ccccc2-3)c2ccccc2-c2ccccc2)cc1. The summed E-state index contributed by atoms with van der Waals surface area (Å²) in [5.74, 6) is 0. The van der Waals surface area contributed by atoms with Gasteiger partial charge in [-0.25, -0.2) is 0 Å². The van der Waals surface area contributed by atoms with Gasteiger partial charge in [-0.3, -0.25) is 0 Å². The Kier molecular flexibility index (Phi) is 7.76. The summed E-state index contributed by atoms with van der Waals surface area (Å²) in [6.07, 6.45) is -0.0387. The maximum Gasteiger partial charge on any atom is 0.330 e. The molecule has 5 aromatic carbocycles. The van der Waals surface area contributed by atoms with Crippen LogP contribution in [0, 0.1) is 0 Å². The van der Waals surface area contributed by atoms with Crippen molar-refractivity contribution in [1.29, 1.82) is 0 Å². The molecule has 1 aliphatic carbocycles. The summed E-state index contributed by atoms with van der Waals surface area (Å²) in [6.45, 7) is 10.8. The van der Waals surface area contributed by atoms with E-state index < -0.39 is 5.60 Å². The Morgan fingerprint density at radius 3 is 2.00 bits per heavy atom. The maximum absolute atomic E-state index is 6.16. The van der Waals surface area contributed by atoms with Gasteiger partial charge in [0.1, 0.15) is 0 Å². The molecule has 1 aliphatic rings. The second-order valence-electron chi connectivity index (χ2n) is 12.4. The third-order valence-corrected chi connectivity index (χ3v) is 9.04. The van der Waals surface area contributed by atoms with E-state index in [0.717, 1.165) is 22.5 Å². The van der Waals surface area contributed by atoms with Crippen molar-refractivity contribution in [3.8, 4) is 22.3 Å². The average Bonchev–Trinajstić information content (AvgIpc) is 3.27. The summed E-state index contributed by atoms with van der Waals surface area (Å²) < 4.78 is 11.7. The third-order valence-electron chi connectivity index (χ3n) is 9.04. The van der Waals surface area contributed by atoms with Gasteiger partial charge in [-0.15, -0.1) is 0 Å². The van der Waals surface area contributed by atoms with Gasteiger partial charge in [0.2, 0.25) is 0 Å². The molecule has 4 heteroatoms. The molecule has 43 heavy (non-hydrogen) atoms. The summed E-state index contributed by atoms with van der Waals surface area (Å²) in [6, 6.07) is 43.6. The highest BCUT2D eigenvalue weighted by atomic mass is 16.5. The van der Waals surface area contributed by atoms with Crippen LogP contribution < -0.4 is 10.4 Å². The molecule has 0 saturated heterocycles. The van der Waals surface area contributed by atoms with Crippen molar-refractivity contribution in [1.82, 2.24) is 0 Å². The molecule has 0 fully saturated rings. The number of para-hydroxylation sites is 1. The van der Waals surface area contributed by atoms with Gasteiger partial charge in [0.25, 0.3) is 0 Å². The van der Waals surface area contributed by atoms with Gasteiger partial charge in [0.15, 0.2) is 0 Å². The summed E-state index contributed by atoms with van der Waals surface area (Å²) >= 11 is 0. The molecule has 1 atom stereocenters. The molecule has 215 valence electrons. The van der Waals surface area contributed by atoms with Crippen molar-refractivity contribution >= 4 is 30.0 Å². The van der Waals surface area contributed by atoms with Gasteiger partial charge in [-0.2, -0.15) is 0 Å². The molecular weight excluding hydrogens is 525 g/mol. The molecule has 0 amide bonds. The Morgan fingerprint density at radius 1 is 0.674 bits per heavy atom. The van der Waals surface area contributed by atoms with Crippen LogP contribution in [0.1, 0.15) is 45.7 Å². The van der Waals surface area contributed by atoms with Crippen molar-refractivity contribution in [3.05, 3.63) is 132 Å². The molecule has 0 bridgehead atoms. The fraction of sp³-hybridized carbons (Fsp3) is 0.231. The normalized spacial score (nSPS) is 14.1. The predicted octanol–water partition coefficient (Wildman–Crippen LogP) is 9.20. The topological polar surface area (TPSA) is 21.7 Å². The van der Waals surface area contributed by atoms with Gasteiger partial charge in [-0.05, 0) is 78.9 Å². The van der Waals surface area contributed by atoms with Crippen molar-refractivity contribution < 1.29 is 9.39 Å². The molecule has 6 rings (SSSR count). The van der Waals surface area contributed by atoms with E-state index in [1.165, 1.54) is 33.4 Å². The Labute approximate surface area is 257 Å². The number of fused-ring (bicyclic) bond motifs is 3. The predicted molar refractivity (Wildman–Crippen MR) is 181 cm³/mol. The van der Waals surface area contributed by atoms with Crippen LogP contribution in [-0.4, -0.2) is 26.3 Å². The first kappa shape index (κ1) is 29.0. The summed E-state index contributed by atoms with van der Waals surface area (Å²) in [5, 5.41) is 0. The zero-order valence-electron chi connectivity index (χ0n) is 26.0. The monoisotopic (exact) mass is 564 g/mol. The molecule has 0 aliphatic heterocycles. The summed E-state index contributed by atoms with van der Waals surface area (Å²) in [4.78, 5) is 2.38. The smallest absolute Gasteiger partial charge is 0.330 e. The minimum atomic E-state index is -0.442. The van der Waals surface area contributed by atoms with Crippen LogP contribution in [0.5, 0.6) is 0 Å². The lowest BCUT2D eigenvalue weighted by molar-refractivity contribution is -0.0402. The second-order valence-corrected chi connectivity index (χ2v) is 12.4. The van der Waals surface area contributed by atoms with Gasteiger partial charge in [0.05, 0.1) is 17.4 Å². The van der Waals surface area contributed by atoms with E-state index in [4.69, 9.17) is 9.39 Å². The highest BCUT2D eigenvalue weighted by Crippen LogP contribution is 2.51. The van der Waals surface area contributed by atoms with Crippen LogP contribution >= 0.6 is 0 Å². The van der Waals surface area contributed by atoms with Crippen molar-refractivity contribution in [2.45, 2.75) is 51.7 Å². The fourth-order valence-corrected chi connectivity index (χ4v) is 6.09. The van der Waals surface area contributed by atoms with Crippen LogP contribution in [0.3, 0.4) is 0 Å². The van der Waals surface area contributed by atoms with Crippen LogP contribution in [0.25, 0.3) is 22.3 Å². The summed E-state index contributed by atoms with van der Waals surface area (Å²) in [7, 11) is 3.54. The van der Waals surface area contributed by atoms with Crippen molar-refractivity contribution in [2.24, 2.45) is 0 Å². The highest BCUT2D eigenvalue weighted by molar-refractivity contribution is 6.47. The second kappa shape index (κ2) is 11.5. The number of hydrogen-bond donors (Lipinski definition) is 0. The molecule has 0 heterocycles. The Morgan fingerprint density at radius 2 is 1.28 bits per heavy atom. The molecule has 0 saturated carbocycles. The first-order valence-corrected chi connectivity index (χ1v) is 15.0. The van der Waals surface area contributed by atoms with Crippen LogP contribution in [-0.2, 0) is 14.8 Å². The molecule has 0 N–H and O–H groups in total. The van der Waals surface area contributed by atoms with E-state index >= 15 is 0 Å². The number of rotatable bonds is 9. The van der Waals surface area contributed by atoms with Gasteiger partial charge >= 0.3 is 7.48 Å². The van der Waals surface area contributed by atoms with Crippen molar-refractivity contribution in [2.75, 3.05) is 12.0 Å². The van der Waals surface area contributed by atoms with Crippen LogP contribution in [0.4, 0.5) is 17.1 Å². The van der Waals surface area contributed by atoms with Gasteiger partial charge in [-0.1, -0.05) is 110 Å². The molecule has 1 unspecified atom stereocenters. The zero-order chi connectivity index (χ0) is 30.2. The van der Waals surface area contributed by atoms with E-state index in [1.807, 2.05) is 28.3 Å². The Bertz CT molecular complexity index is 1730. The number of methoxy groups -OCH3 is 1.